The molecule has 0 aliphatic carbocycles. The summed E-state index contributed by atoms with van der Waals surface area (Å²) in [5.41, 5.74) is 6.09. The first kappa shape index (κ1) is 13.3. The molecular weight excluding hydrogens is 216 g/mol. The molecule has 0 radical (unpaired) electrons. The molecule has 17 heavy (non-hydrogen) atoms. The van der Waals surface area contributed by atoms with Gasteiger partial charge in [-0.05, 0) is 18.6 Å². The highest BCUT2D eigenvalue weighted by atomic mass is 16.4. The number of unbranched alkanes of at least 4 members (excludes halogenated alkanes) is 2. The maximum Gasteiger partial charge on any atom is 0.171 e. The van der Waals surface area contributed by atoms with Crippen molar-refractivity contribution in [1.29, 1.82) is 0 Å². The van der Waals surface area contributed by atoms with Gasteiger partial charge in [0.1, 0.15) is 5.82 Å². The lowest BCUT2D eigenvalue weighted by Crippen LogP contribution is -2.20. The Morgan fingerprint density at radius 2 is 2.24 bits per heavy atom. The molecule has 0 aliphatic heterocycles. The van der Waals surface area contributed by atoms with Crippen LogP contribution in [0.5, 0.6) is 0 Å². The zero-order valence-electron chi connectivity index (χ0n) is 10.4. The minimum absolute atomic E-state index is 0.0812. The molecule has 5 nitrogen and oxygen atoms in total. The summed E-state index contributed by atoms with van der Waals surface area (Å²) in [5, 5.41) is 11.5. The standard InChI is InChI=1S/C12H20N4O/c1-3-4-5-8-16(2)11-7-6-10(9-14-11)12(13)15-17/h6-7,9,17H,3-5,8H2,1-2H3,(H2,13,15). The third-order valence-corrected chi connectivity index (χ3v) is 2.64. The van der Waals surface area contributed by atoms with Crippen LogP contribution < -0.4 is 10.6 Å². The molecule has 1 aromatic rings. The quantitative estimate of drug-likeness (QED) is 0.260. The van der Waals surface area contributed by atoms with Crippen LogP contribution in [0.4, 0.5) is 5.82 Å². The van der Waals surface area contributed by atoms with Crippen LogP contribution in [0.15, 0.2) is 23.5 Å². The number of nitrogens with two attached hydrogens (primary N) is 1. The molecule has 1 heterocycles. The first-order chi connectivity index (χ1) is 8.19. The Morgan fingerprint density at radius 1 is 1.47 bits per heavy atom. The van der Waals surface area contributed by atoms with Gasteiger partial charge in [0, 0.05) is 25.4 Å². The van der Waals surface area contributed by atoms with E-state index >= 15 is 0 Å². The Kier molecular flexibility index (Phi) is 5.26. The lowest BCUT2D eigenvalue weighted by atomic mass is 10.2. The van der Waals surface area contributed by atoms with Gasteiger partial charge < -0.3 is 15.8 Å². The minimum atomic E-state index is 0.0812. The van der Waals surface area contributed by atoms with E-state index in [1.165, 1.54) is 12.8 Å². The van der Waals surface area contributed by atoms with Gasteiger partial charge in [-0.1, -0.05) is 24.9 Å². The number of hydrogen-bond donors (Lipinski definition) is 2. The van der Waals surface area contributed by atoms with E-state index in [1.54, 1.807) is 12.3 Å². The second-order valence-electron chi connectivity index (χ2n) is 4.02. The highest BCUT2D eigenvalue weighted by Crippen LogP contribution is 2.10. The molecule has 0 spiro atoms. The van der Waals surface area contributed by atoms with Gasteiger partial charge >= 0.3 is 0 Å². The number of oxime groups is 1. The Labute approximate surface area is 102 Å². The average Bonchev–Trinajstić information content (AvgIpc) is 2.38. The fourth-order valence-corrected chi connectivity index (χ4v) is 1.53. The largest absolute Gasteiger partial charge is 0.409 e. The van der Waals surface area contributed by atoms with Crippen molar-refractivity contribution in [2.75, 3.05) is 18.5 Å². The summed E-state index contributed by atoms with van der Waals surface area (Å²) in [5.74, 6) is 0.980. The van der Waals surface area contributed by atoms with E-state index < -0.39 is 0 Å². The summed E-state index contributed by atoms with van der Waals surface area (Å²) in [4.78, 5) is 6.38. The van der Waals surface area contributed by atoms with Crippen LogP contribution in [0, 0.1) is 0 Å². The zero-order valence-corrected chi connectivity index (χ0v) is 10.4. The zero-order chi connectivity index (χ0) is 12.7. The second-order valence-corrected chi connectivity index (χ2v) is 4.02. The van der Waals surface area contributed by atoms with Crippen LogP contribution in [-0.2, 0) is 0 Å². The maximum absolute atomic E-state index is 8.53. The van der Waals surface area contributed by atoms with Gasteiger partial charge in [-0.3, -0.25) is 0 Å². The SMILES string of the molecule is CCCCCN(C)c1ccc(/C(N)=N/O)cn1. The van der Waals surface area contributed by atoms with Gasteiger partial charge in [0.05, 0.1) is 0 Å². The summed E-state index contributed by atoms with van der Waals surface area (Å²) in [6.07, 6.45) is 5.22. The molecule has 0 amide bonds. The highest BCUT2D eigenvalue weighted by Gasteiger charge is 2.04. The lowest BCUT2D eigenvalue weighted by molar-refractivity contribution is 0.318. The molecule has 1 rings (SSSR count). The topological polar surface area (TPSA) is 74.7 Å². The first-order valence-corrected chi connectivity index (χ1v) is 5.84. The first-order valence-electron chi connectivity index (χ1n) is 5.84. The van der Waals surface area contributed by atoms with Crippen LogP contribution in [0.1, 0.15) is 31.7 Å². The smallest absolute Gasteiger partial charge is 0.171 e. The van der Waals surface area contributed by atoms with E-state index in [-0.39, 0.29) is 5.84 Å². The van der Waals surface area contributed by atoms with Crippen molar-refractivity contribution < 1.29 is 5.21 Å². The molecule has 0 atom stereocenters. The minimum Gasteiger partial charge on any atom is -0.409 e. The van der Waals surface area contributed by atoms with E-state index in [2.05, 4.69) is 22.0 Å². The molecule has 1 aromatic heterocycles. The average molecular weight is 236 g/mol. The molecular formula is C12H20N4O. The van der Waals surface area contributed by atoms with Crippen molar-refractivity contribution in [3.8, 4) is 0 Å². The summed E-state index contributed by atoms with van der Waals surface area (Å²) < 4.78 is 0. The molecule has 0 fully saturated rings. The number of rotatable bonds is 6. The van der Waals surface area contributed by atoms with Gasteiger partial charge in [0.15, 0.2) is 5.84 Å². The molecule has 0 saturated heterocycles. The molecule has 0 aliphatic rings. The highest BCUT2D eigenvalue weighted by molar-refractivity contribution is 5.96. The summed E-state index contributed by atoms with van der Waals surface area (Å²) in [6.45, 7) is 3.17. The van der Waals surface area contributed by atoms with Crippen molar-refractivity contribution in [1.82, 2.24) is 4.98 Å². The van der Waals surface area contributed by atoms with E-state index in [1.807, 2.05) is 13.1 Å². The summed E-state index contributed by atoms with van der Waals surface area (Å²) >= 11 is 0. The Bertz CT molecular complexity index is 361. The van der Waals surface area contributed by atoms with Crippen LogP contribution in [0.3, 0.4) is 0 Å². The number of aromatic nitrogens is 1. The van der Waals surface area contributed by atoms with Gasteiger partial charge in [0.25, 0.3) is 0 Å². The van der Waals surface area contributed by atoms with E-state index in [4.69, 9.17) is 10.9 Å². The number of amidine groups is 1. The maximum atomic E-state index is 8.53. The van der Waals surface area contributed by atoms with Gasteiger partial charge in [-0.25, -0.2) is 4.98 Å². The van der Waals surface area contributed by atoms with Gasteiger partial charge in [-0.2, -0.15) is 0 Å². The third kappa shape index (κ3) is 3.94. The Balaban J connectivity index is 2.61. The van der Waals surface area contributed by atoms with Crippen LogP contribution in [0.2, 0.25) is 0 Å². The fraction of sp³-hybridized carbons (Fsp3) is 0.500. The predicted octanol–water partition coefficient (Wildman–Crippen LogP) is 1.80. The molecule has 0 saturated carbocycles. The van der Waals surface area contributed by atoms with Gasteiger partial charge in [-0.15, -0.1) is 0 Å². The van der Waals surface area contributed by atoms with E-state index in [0.29, 0.717) is 5.56 Å². The van der Waals surface area contributed by atoms with Crippen LogP contribution in [-0.4, -0.2) is 29.6 Å². The van der Waals surface area contributed by atoms with Crippen molar-refractivity contribution in [3.05, 3.63) is 23.9 Å². The predicted molar refractivity (Wildman–Crippen MR) is 69.5 cm³/mol. The molecule has 0 bridgehead atoms. The van der Waals surface area contributed by atoms with Crippen molar-refractivity contribution in [2.24, 2.45) is 10.9 Å². The lowest BCUT2D eigenvalue weighted by Gasteiger charge is -2.17. The summed E-state index contributed by atoms with van der Waals surface area (Å²) in [7, 11) is 2.02. The van der Waals surface area contributed by atoms with E-state index in [0.717, 1.165) is 18.8 Å². The molecule has 5 heteroatoms. The molecule has 0 unspecified atom stereocenters. The Hall–Kier alpha value is -1.78. The second kappa shape index (κ2) is 6.73. The summed E-state index contributed by atoms with van der Waals surface area (Å²) in [6, 6.07) is 3.67. The molecule has 3 N–H and O–H groups in total. The van der Waals surface area contributed by atoms with Crippen molar-refractivity contribution in [2.45, 2.75) is 26.2 Å². The van der Waals surface area contributed by atoms with Crippen molar-refractivity contribution in [3.63, 3.8) is 0 Å². The Morgan fingerprint density at radius 3 is 2.76 bits per heavy atom. The molecule has 94 valence electrons. The number of pyridine rings is 1. The number of hydrogen-bond acceptors (Lipinski definition) is 4. The fourth-order valence-electron chi connectivity index (χ4n) is 1.53. The van der Waals surface area contributed by atoms with Crippen LogP contribution >= 0.6 is 0 Å². The number of anilines is 1. The normalized spacial score (nSPS) is 11.5. The van der Waals surface area contributed by atoms with Crippen LogP contribution in [0.25, 0.3) is 0 Å². The third-order valence-electron chi connectivity index (χ3n) is 2.64. The van der Waals surface area contributed by atoms with Crippen molar-refractivity contribution >= 4 is 11.7 Å². The number of nitrogens with zero attached hydrogens (tertiary/aromatic N) is 3. The van der Waals surface area contributed by atoms with E-state index in [9.17, 15) is 0 Å². The molecule has 0 aromatic carbocycles. The monoisotopic (exact) mass is 236 g/mol. The van der Waals surface area contributed by atoms with Gasteiger partial charge in [0.2, 0.25) is 0 Å².